The molecular weight excluding hydrogens is 398 g/mol. The Labute approximate surface area is 189 Å². The molecule has 2 aromatic rings. The monoisotopic (exact) mass is 433 g/mol. The van der Waals surface area contributed by atoms with E-state index in [-0.39, 0.29) is 16.9 Å². The number of ketones is 1. The van der Waals surface area contributed by atoms with Crippen LogP contribution < -0.4 is 0 Å². The van der Waals surface area contributed by atoms with Gasteiger partial charge in [-0.1, -0.05) is 19.1 Å². The van der Waals surface area contributed by atoms with Gasteiger partial charge in [-0.2, -0.15) is 15.0 Å². The number of rotatable bonds is 3. The predicted octanol–water partition coefficient (Wildman–Crippen LogP) is 4.63. The SMILES string of the molecule is C[C@]12CC[C@@H]3[C@H]4CC[C@]5(O)C[C@@H]5[C@@H]4CC[C@H]3[C@@H]1CC[C@@H]2C(=O)Cn1nc2ccccc2n1. The molecule has 1 N–H and O–H groups in total. The predicted molar refractivity (Wildman–Crippen MR) is 122 cm³/mol. The van der Waals surface area contributed by atoms with Crippen LogP contribution in [0.25, 0.3) is 11.0 Å². The van der Waals surface area contributed by atoms with Gasteiger partial charge in [-0.05, 0) is 111 Å². The zero-order valence-corrected chi connectivity index (χ0v) is 19.1. The van der Waals surface area contributed by atoms with Crippen LogP contribution >= 0.6 is 0 Å². The molecule has 5 aliphatic carbocycles. The number of benzene rings is 1. The van der Waals surface area contributed by atoms with E-state index in [0.29, 0.717) is 24.2 Å². The van der Waals surface area contributed by atoms with Crippen LogP contribution in [0.3, 0.4) is 0 Å². The third kappa shape index (κ3) is 2.69. The van der Waals surface area contributed by atoms with Crippen molar-refractivity contribution < 1.29 is 9.90 Å². The van der Waals surface area contributed by atoms with Crippen LogP contribution in [0.5, 0.6) is 0 Å². The summed E-state index contributed by atoms with van der Waals surface area (Å²) in [5, 5.41) is 19.8. The van der Waals surface area contributed by atoms with E-state index in [1.807, 2.05) is 24.3 Å². The second-order valence-corrected chi connectivity index (χ2v) is 12.2. The molecule has 0 amide bonds. The van der Waals surface area contributed by atoms with Gasteiger partial charge in [0.2, 0.25) is 0 Å². The smallest absolute Gasteiger partial charge is 0.159 e. The molecule has 32 heavy (non-hydrogen) atoms. The molecule has 9 atom stereocenters. The molecule has 0 aliphatic heterocycles. The second-order valence-electron chi connectivity index (χ2n) is 12.2. The number of aliphatic hydroxyl groups is 1. The van der Waals surface area contributed by atoms with Crippen LogP contribution in [0.4, 0.5) is 0 Å². The van der Waals surface area contributed by atoms with Crippen LogP contribution in [-0.4, -0.2) is 31.5 Å². The molecule has 5 nitrogen and oxygen atoms in total. The lowest BCUT2D eigenvalue weighted by molar-refractivity contribution is -0.132. The third-order valence-corrected chi connectivity index (χ3v) is 11.0. The molecule has 1 aromatic carbocycles. The summed E-state index contributed by atoms with van der Waals surface area (Å²) in [7, 11) is 0. The van der Waals surface area contributed by atoms with E-state index in [1.54, 1.807) is 4.80 Å². The lowest BCUT2D eigenvalue weighted by Crippen LogP contribution is -2.50. The summed E-state index contributed by atoms with van der Waals surface area (Å²) in [5.74, 6) is 5.03. The van der Waals surface area contributed by atoms with Crippen molar-refractivity contribution in [2.24, 2.45) is 46.8 Å². The lowest BCUT2D eigenvalue weighted by Gasteiger charge is -2.56. The number of fused-ring (bicyclic) bond motifs is 8. The van der Waals surface area contributed by atoms with E-state index in [1.165, 1.54) is 38.5 Å². The van der Waals surface area contributed by atoms with Gasteiger partial charge in [0.1, 0.15) is 17.6 Å². The van der Waals surface area contributed by atoms with Gasteiger partial charge in [-0.25, -0.2) is 0 Å². The van der Waals surface area contributed by atoms with Crippen molar-refractivity contribution in [3.05, 3.63) is 24.3 Å². The van der Waals surface area contributed by atoms with Gasteiger partial charge in [0.25, 0.3) is 0 Å². The molecule has 0 radical (unpaired) electrons. The molecule has 5 fully saturated rings. The van der Waals surface area contributed by atoms with Crippen molar-refractivity contribution in [3.63, 3.8) is 0 Å². The second kappa shape index (κ2) is 6.65. The number of nitrogens with zero attached hydrogens (tertiary/aromatic N) is 3. The number of carbonyl (C=O) groups is 1. The minimum absolute atomic E-state index is 0.145. The number of Topliss-reactive ketones (excluding diaryl/α,β-unsaturated/α-hetero) is 1. The first kappa shape index (κ1) is 19.7. The van der Waals surface area contributed by atoms with Gasteiger partial charge in [0.15, 0.2) is 5.78 Å². The number of aromatic nitrogens is 3. The molecule has 0 spiro atoms. The number of carbonyl (C=O) groups excluding carboxylic acids is 1. The Hall–Kier alpha value is -1.75. The normalized spacial score (nSPS) is 46.8. The lowest BCUT2D eigenvalue weighted by atomic mass is 9.49. The average Bonchev–Trinajstić information content (AvgIpc) is 3.13. The summed E-state index contributed by atoms with van der Waals surface area (Å²) in [6.07, 6.45) is 10.7. The Morgan fingerprint density at radius 3 is 2.31 bits per heavy atom. The fourth-order valence-electron chi connectivity index (χ4n) is 9.44. The molecule has 5 aliphatic rings. The van der Waals surface area contributed by atoms with Crippen molar-refractivity contribution in [2.75, 3.05) is 0 Å². The van der Waals surface area contributed by atoms with Crippen molar-refractivity contribution >= 4 is 16.8 Å². The summed E-state index contributed by atoms with van der Waals surface area (Å²) in [5.41, 5.74) is 1.59. The first-order valence-corrected chi connectivity index (χ1v) is 13.0. The van der Waals surface area contributed by atoms with E-state index in [2.05, 4.69) is 17.1 Å². The highest BCUT2D eigenvalue weighted by Gasteiger charge is 2.65. The third-order valence-electron chi connectivity index (χ3n) is 11.0. The van der Waals surface area contributed by atoms with Crippen LogP contribution in [0.2, 0.25) is 0 Å². The number of hydrogen-bond donors (Lipinski definition) is 1. The minimum atomic E-state index is -0.284. The highest BCUT2D eigenvalue weighted by Crippen LogP contribution is 2.68. The van der Waals surface area contributed by atoms with Crippen molar-refractivity contribution in [1.29, 1.82) is 0 Å². The van der Waals surface area contributed by atoms with Crippen LogP contribution in [0, 0.1) is 46.8 Å². The topological polar surface area (TPSA) is 68.0 Å². The highest BCUT2D eigenvalue weighted by atomic mass is 16.3. The molecule has 170 valence electrons. The summed E-state index contributed by atoms with van der Waals surface area (Å²) in [6.45, 7) is 2.74. The summed E-state index contributed by atoms with van der Waals surface area (Å²) in [4.78, 5) is 15.1. The van der Waals surface area contributed by atoms with Crippen LogP contribution in [0.1, 0.15) is 64.7 Å². The van der Waals surface area contributed by atoms with Crippen molar-refractivity contribution in [1.82, 2.24) is 15.0 Å². The number of hydrogen-bond acceptors (Lipinski definition) is 4. The van der Waals surface area contributed by atoms with E-state index < -0.39 is 0 Å². The molecule has 1 aromatic heterocycles. The Bertz CT molecular complexity index is 1050. The largest absolute Gasteiger partial charge is 0.390 e. The summed E-state index contributed by atoms with van der Waals surface area (Å²) in [6, 6.07) is 7.85. The molecule has 5 saturated carbocycles. The van der Waals surface area contributed by atoms with Gasteiger partial charge in [0, 0.05) is 5.92 Å². The van der Waals surface area contributed by atoms with Crippen molar-refractivity contribution in [3.8, 4) is 0 Å². The van der Waals surface area contributed by atoms with E-state index in [0.717, 1.165) is 54.0 Å². The molecule has 1 heterocycles. The minimum Gasteiger partial charge on any atom is -0.390 e. The van der Waals surface area contributed by atoms with E-state index >= 15 is 0 Å². The molecule has 0 bridgehead atoms. The Morgan fingerprint density at radius 2 is 1.59 bits per heavy atom. The maximum Gasteiger partial charge on any atom is 0.159 e. The van der Waals surface area contributed by atoms with E-state index in [9.17, 15) is 9.90 Å². The molecule has 5 heteroatoms. The highest BCUT2D eigenvalue weighted by molar-refractivity contribution is 5.82. The van der Waals surface area contributed by atoms with E-state index in [4.69, 9.17) is 0 Å². The Morgan fingerprint density at radius 1 is 0.938 bits per heavy atom. The standard InChI is InChI=1S/C27H35N3O2/c1-26-12-10-16-17-11-13-27(32)14-22(27)19(17)7-6-18(16)20(26)8-9-21(26)25(31)15-30-28-23-4-2-3-5-24(23)29-30/h2-5,16-22,32H,6-15H2,1H3/t16-,17-,18-,19-,20+,21-,22-,26+,27+/m1/s1. The Kier molecular flexibility index (Phi) is 4.09. The quantitative estimate of drug-likeness (QED) is 0.766. The van der Waals surface area contributed by atoms with Crippen LogP contribution in [0.15, 0.2) is 24.3 Å². The zero-order chi connectivity index (χ0) is 21.7. The average molecular weight is 434 g/mol. The maximum absolute atomic E-state index is 13.5. The molecule has 0 unspecified atom stereocenters. The van der Waals surface area contributed by atoms with Gasteiger partial charge >= 0.3 is 0 Å². The fraction of sp³-hybridized carbons (Fsp3) is 0.741. The molecule has 7 rings (SSSR count). The molecular formula is C27H35N3O2. The zero-order valence-electron chi connectivity index (χ0n) is 19.1. The van der Waals surface area contributed by atoms with Gasteiger partial charge < -0.3 is 5.11 Å². The van der Waals surface area contributed by atoms with Crippen molar-refractivity contribution in [2.45, 2.75) is 76.9 Å². The first-order valence-electron chi connectivity index (χ1n) is 13.0. The fourth-order valence-corrected chi connectivity index (χ4v) is 9.44. The first-order chi connectivity index (χ1) is 15.5. The van der Waals surface area contributed by atoms with Gasteiger partial charge in [-0.15, -0.1) is 0 Å². The van der Waals surface area contributed by atoms with Crippen LogP contribution in [-0.2, 0) is 11.3 Å². The summed E-state index contributed by atoms with van der Waals surface area (Å²) >= 11 is 0. The van der Waals surface area contributed by atoms with Gasteiger partial charge in [-0.3, -0.25) is 4.79 Å². The summed E-state index contributed by atoms with van der Waals surface area (Å²) < 4.78 is 0. The molecule has 0 saturated heterocycles. The Balaban J connectivity index is 1.09. The van der Waals surface area contributed by atoms with Gasteiger partial charge in [0.05, 0.1) is 5.60 Å². The maximum atomic E-state index is 13.5.